The quantitative estimate of drug-likeness (QED) is 0.847. The highest BCUT2D eigenvalue weighted by atomic mass is 35.5. The average Bonchev–Trinajstić information content (AvgIpc) is 2.43. The fraction of sp³-hybridized carbons (Fsp3) is 0.267. The molecule has 112 valence electrons. The highest BCUT2D eigenvalue weighted by molar-refractivity contribution is 6.37. The van der Waals surface area contributed by atoms with Crippen molar-refractivity contribution < 1.29 is 4.39 Å². The summed E-state index contributed by atoms with van der Waals surface area (Å²) in [6.07, 6.45) is 0. The number of halogens is 3. The SMILES string of the molecule is CNc1nc(NCc2cc(C)c(F)c(C)c2)c(Cl)cc1Cl. The number of hydrogen-bond acceptors (Lipinski definition) is 3. The maximum atomic E-state index is 13.6. The van der Waals surface area contributed by atoms with Crippen molar-refractivity contribution >= 4 is 34.8 Å². The van der Waals surface area contributed by atoms with Crippen LogP contribution in [0.5, 0.6) is 0 Å². The second-order valence-corrected chi connectivity index (χ2v) is 5.61. The summed E-state index contributed by atoms with van der Waals surface area (Å²) >= 11 is 12.1. The van der Waals surface area contributed by atoms with Gasteiger partial charge in [0.1, 0.15) is 17.5 Å². The topological polar surface area (TPSA) is 37.0 Å². The van der Waals surface area contributed by atoms with Gasteiger partial charge in [-0.25, -0.2) is 9.37 Å². The van der Waals surface area contributed by atoms with Crippen LogP contribution in [-0.2, 0) is 6.54 Å². The van der Waals surface area contributed by atoms with Gasteiger partial charge in [0, 0.05) is 13.6 Å². The molecular formula is C15H16Cl2FN3. The van der Waals surface area contributed by atoms with E-state index < -0.39 is 0 Å². The van der Waals surface area contributed by atoms with Crippen LogP contribution >= 0.6 is 23.2 Å². The van der Waals surface area contributed by atoms with Crippen LogP contribution in [0.4, 0.5) is 16.0 Å². The van der Waals surface area contributed by atoms with E-state index in [-0.39, 0.29) is 5.82 Å². The lowest BCUT2D eigenvalue weighted by molar-refractivity contribution is 0.608. The molecule has 2 rings (SSSR count). The first-order chi connectivity index (χ1) is 9.92. The van der Waals surface area contributed by atoms with Gasteiger partial charge in [-0.15, -0.1) is 0 Å². The monoisotopic (exact) mass is 327 g/mol. The molecule has 0 bridgehead atoms. The summed E-state index contributed by atoms with van der Waals surface area (Å²) in [5, 5.41) is 6.94. The molecule has 0 amide bonds. The molecule has 0 aliphatic carbocycles. The van der Waals surface area contributed by atoms with Crippen LogP contribution in [0.1, 0.15) is 16.7 Å². The van der Waals surface area contributed by atoms with Gasteiger partial charge in [0.05, 0.1) is 10.0 Å². The standard InChI is InChI=1S/C15H16Cl2FN3/c1-8-4-10(5-9(2)13(8)18)7-20-15-12(17)6-11(16)14(19-3)21-15/h4-6H,7H2,1-3H3,(H2,19,20,21). The van der Waals surface area contributed by atoms with E-state index in [4.69, 9.17) is 23.2 Å². The number of rotatable bonds is 4. The van der Waals surface area contributed by atoms with Crippen molar-refractivity contribution in [3.05, 3.63) is 50.8 Å². The van der Waals surface area contributed by atoms with E-state index in [0.29, 0.717) is 39.4 Å². The number of benzene rings is 1. The van der Waals surface area contributed by atoms with Gasteiger partial charge in [-0.2, -0.15) is 0 Å². The molecule has 0 saturated heterocycles. The largest absolute Gasteiger partial charge is 0.372 e. The van der Waals surface area contributed by atoms with E-state index in [1.165, 1.54) is 0 Å². The van der Waals surface area contributed by atoms with Crippen LogP contribution in [0.15, 0.2) is 18.2 Å². The normalized spacial score (nSPS) is 10.6. The Kier molecular flexibility index (Phi) is 4.91. The Morgan fingerprint density at radius 2 is 1.62 bits per heavy atom. The van der Waals surface area contributed by atoms with E-state index >= 15 is 0 Å². The lowest BCUT2D eigenvalue weighted by atomic mass is 10.1. The van der Waals surface area contributed by atoms with Crippen molar-refractivity contribution in [3.63, 3.8) is 0 Å². The zero-order valence-corrected chi connectivity index (χ0v) is 13.5. The second-order valence-electron chi connectivity index (χ2n) is 4.80. The minimum absolute atomic E-state index is 0.168. The lowest BCUT2D eigenvalue weighted by Gasteiger charge is -2.12. The molecule has 1 heterocycles. The fourth-order valence-corrected chi connectivity index (χ4v) is 2.61. The van der Waals surface area contributed by atoms with Crippen LogP contribution in [0.25, 0.3) is 0 Å². The first-order valence-corrected chi connectivity index (χ1v) is 7.21. The van der Waals surface area contributed by atoms with Gasteiger partial charge in [0.15, 0.2) is 0 Å². The maximum Gasteiger partial charge on any atom is 0.147 e. The Morgan fingerprint density at radius 3 is 2.19 bits per heavy atom. The Hall–Kier alpha value is -1.52. The zero-order valence-electron chi connectivity index (χ0n) is 12.0. The fourth-order valence-electron chi connectivity index (χ4n) is 2.09. The van der Waals surface area contributed by atoms with Gasteiger partial charge in [-0.3, -0.25) is 0 Å². The van der Waals surface area contributed by atoms with Gasteiger partial charge in [-0.1, -0.05) is 35.3 Å². The van der Waals surface area contributed by atoms with Crippen molar-refractivity contribution in [2.75, 3.05) is 17.7 Å². The molecule has 3 nitrogen and oxygen atoms in total. The highest BCUT2D eigenvalue weighted by Crippen LogP contribution is 2.29. The third-order valence-electron chi connectivity index (χ3n) is 3.12. The number of nitrogens with zero attached hydrogens (tertiary/aromatic N) is 1. The molecule has 21 heavy (non-hydrogen) atoms. The summed E-state index contributed by atoms with van der Waals surface area (Å²) in [7, 11) is 1.73. The van der Waals surface area contributed by atoms with E-state index in [2.05, 4.69) is 15.6 Å². The van der Waals surface area contributed by atoms with Crippen LogP contribution in [0, 0.1) is 19.7 Å². The number of anilines is 2. The number of aryl methyl sites for hydroxylation is 2. The third-order valence-corrected chi connectivity index (χ3v) is 3.70. The van der Waals surface area contributed by atoms with Gasteiger partial charge in [0.25, 0.3) is 0 Å². The van der Waals surface area contributed by atoms with Crippen molar-refractivity contribution in [1.29, 1.82) is 0 Å². The average molecular weight is 328 g/mol. The first-order valence-electron chi connectivity index (χ1n) is 6.45. The summed E-state index contributed by atoms with van der Waals surface area (Å²) < 4.78 is 13.6. The zero-order chi connectivity index (χ0) is 15.6. The second kappa shape index (κ2) is 6.50. The Labute approximate surface area is 133 Å². The number of nitrogens with one attached hydrogen (secondary N) is 2. The van der Waals surface area contributed by atoms with Gasteiger partial charge < -0.3 is 10.6 Å². The van der Waals surface area contributed by atoms with Crippen molar-refractivity contribution in [1.82, 2.24) is 4.98 Å². The predicted molar refractivity (Wildman–Crippen MR) is 87.0 cm³/mol. The van der Waals surface area contributed by atoms with Gasteiger partial charge in [0.2, 0.25) is 0 Å². The molecule has 6 heteroatoms. The smallest absolute Gasteiger partial charge is 0.147 e. The number of pyridine rings is 1. The van der Waals surface area contributed by atoms with Crippen molar-refractivity contribution in [2.24, 2.45) is 0 Å². The summed E-state index contributed by atoms with van der Waals surface area (Å²) in [6, 6.07) is 5.24. The Balaban J connectivity index is 2.20. The molecule has 0 radical (unpaired) electrons. The maximum absolute atomic E-state index is 13.6. The van der Waals surface area contributed by atoms with E-state index in [1.807, 2.05) is 0 Å². The van der Waals surface area contributed by atoms with Gasteiger partial charge in [-0.05, 0) is 36.6 Å². The van der Waals surface area contributed by atoms with Crippen molar-refractivity contribution in [2.45, 2.75) is 20.4 Å². The van der Waals surface area contributed by atoms with E-state index in [9.17, 15) is 4.39 Å². The lowest BCUT2D eigenvalue weighted by Crippen LogP contribution is -2.05. The van der Waals surface area contributed by atoms with Crippen LogP contribution < -0.4 is 10.6 Å². The van der Waals surface area contributed by atoms with Crippen LogP contribution in [-0.4, -0.2) is 12.0 Å². The minimum atomic E-state index is -0.168. The van der Waals surface area contributed by atoms with E-state index in [0.717, 1.165) is 5.56 Å². The summed E-state index contributed by atoms with van der Waals surface area (Å²) in [5.74, 6) is 0.916. The minimum Gasteiger partial charge on any atom is -0.372 e. The molecule has 0 aliphatic heterocycles. The molecule has 1 aromatic carbocycles. The summed E-state index contributed by atoms with van der Waals surface area (Å²) in [5.41, 5.74) is 2.21. The molecule has 0 atom stereocenters. The van der Waals surface area contributed by atoms with Crippen LogP contribution in [0.2, 0.25) is 10.0 Å². The third kappa shape index (κ3) is 3.57. The van der Waals surface area contributed by atoms with Gasteiger partial charge >= 0.3 is 0 Å². The summed E-state index contributed by atoms with van der Waals surface area (Å²) in [4.78, 5) is 4.31. The molecule has 1 aromatic heterocycles. The molecule has 2 aromatic rings. The summed E-state index contributed by atoms with van der Waals surface area (Å²) in [6.45, 7) is 4.00. The Bertz CT molecular complexity index is 651. The highest BCUT2D eigenvalue weighted by Gasteiger charge is 2.09. The molecule has 0 fully saturated rings. The van der Waals surface area contributed by atoms with E-state index in [1.54, 1.807) is 39.1 Å². The molecule has 0 unspecified atom stereocenters. The Morgan fingerprint density at radius 1 is 1.05 bits per heavy atom. The first kappa shape index (κ1) is 15.9. The number of hydrogen-bond donors (Lipinski definition) is 2. The van der Waals surface area contributed by atoms with Crippen LogP contribution in [0.3, 0.4) is 0 Å². The predicted octanol–water partition coefficient (Wildman–Crippen LogP) is 4.80. The van der Waals surface area contributed by atoms with Crippen molar-refractivity contribution in [3.8, 4) is 0 Å². The molecule has 0 saturated carbocycles. The molecule has 2 N–H and O–H groups in total. The molecular weight excluding hydrogens is 312 g/mol. The number of aromatic nitrogens is 1. The molecule has 0 spiro atoms. The molecule has 0 aliphatic rings.